The minimum absolute atomic E-state index is 0.247. The van der Waals surface area contributed by atoms with Crippen molar-refractivity contribution in [1.82, 2.24) is 4.98 Å². The number of nitrogens with two attached hydrogens (primary N) is 1. The molecule has 2 aromatic rings. The summed E-state index contributed by atoms with van der Waals surface area (Å²) in [6, 6.07) is 3.47. The van der Waals surface area contributed by atoms with Crippen molar-refractivity contribution in [3.63, 3.8) is 0 Å². The smallest absolute Gasteiger partial charge is 0.263 e. The van der Waals surface area contributed by atoms with Gasteiger partial charge in [-0.25, -0.2) is 13.4 Å². The van der Waals surface area contributed by atoms with E-state index in [4.69, 9.17) is 5.73 Å². The summed E-state index contributed by atoms with van der Waals surface area (Å²) >= 11 is 1.30. The number of rotatable bonds is 4. The van der Waals surface area contributed by atoms with Crippen LogP contribution in [-0.4, -0.2) is 13.4 Å². The van der Waals surface area contributed by atoms with Crippen LogP contribution < -0.4 is 10.5 Å². The Bertz CT molecular complexity index is 736. The van der Waals surface area contributed by atoms with Gasteiger partial charge in [0.15, 0.2) is 5.13 Å². The number of aromatic nitrogens is 1. The monoisotopic (exact) mass is 311 g/mol. The second kappa shape index (κ2) is 5.51. The van der Waals surface area contributed by atoms with Gasteiger partial charge in [-0.3, -0.25) is 4.72 Å². The van der Waals surface area contributed by atoms with Crippen LogP contribution in [0.15, 0.2) is 23.2 Å². The van der Waals surface area contributed by atoms with E-state index >= 15 is 0 Å². The van der Waals surface area contributed by atoms with Gasteiger partial charge in [0.25, 0.3) is 10.0 Å². The summed E-state index contributed by atoms with van der Waals surface area (Å²) in [5.41, 5.74) is 8.16. The van der Waals surface area contributed by atoms with Crippen molar-refractivity contribution in [3.8, 4) is 0 Å². The molecule has 0 amide bonds. The molecular formula is C13H17N3O2S2. The fourth-order valence-corrected chi connectivity index (χ4v) is 4.14. The van der Waals surface area contributed by atoms with Crippen molar-refractivity contribution in [2.24, 2.45) is 5.73 Å². The van der Waals surface area contributed by atoms with E-state index in [1.807, 2.05) is 19.9 Å². The third kappa shape index (κ3) is 3.00. The molecule has 0 bridgehead atoms. The van der Waals surface area contributed by atoms with E-state index in [1.165, 1.54) is 11.3 Å². The van der Waals surface area contributed by atoms with Gasteiger partial charge in [-0.15, -0.1) is 11.3 Å². The van der Waals surface area contributed by atoms with Gasteiger partial charge in [0.05, 0.1) is 4.90 Å². The molecule has 0 atom stereocenters. The molecule has 0 radical (unpaired) electrons. The van der Waals surface area contributed by atoms with Crippen LogP contribution in [-0.2, 0) is 16.6 Å². The van der Waals surface area contributed by atoms with E-state index in [9.17, 15) is 8.42 Å². The molecule has 0 saturated heterocycles. The summed E-state index contributed by atoms with van der Waals surface area (Å²) in [6.45, 7) is 5.88. The highest BCUT2D eigenvalue weighted by Gasteiger charge is 2.19. The number of nitrogens with one attached hydrogen (secondary N) is 1. The molecule has 3 N–H and O–H groups in total. The Kier molecular flexibility index (Phi) is 4.12. The van der Waals surface area contributed by atoms with Gasteiger partial charge in [0.2, 0.25) is 0 Å². The van der Waals surface area contributed by atoms with Crippen molar-refractivity contribution >= 4 is 26.5 Å². The minimum Gasteiger partial charge on any atom is -0.326 e. The highest BCUT2D eigenvalue weighted by Crippen LogP contribution is 2.25. The van der Waals surface area contributed by atoms with Crippen LogP contribution in [0.3, 0.4) is 0 Å². The first-order valence-corrected chi connectivity index (χ1v) is 8.39. The van der Waals surface area contributed by atoms with Crippen molar-refractivity contribution in [2.45, 2.75) is 32.2 Å². The normalized spacial score (nSPS) is 11.6. The lowest BCUT2D eigenvalue weighted by Crippen LogP contribution is -2.15. The second-order valence-electron chi connectivity index (χ2n) is 4.63. The van der Waals surface area contributed by atoms with Crippen molar-refractivity contribution in [2.75, 3.05) is 4.72 Å². The first-order chi connectivity index (χ1) is 9.33. The van der Waals surface area contributed by atoms with Crippen molar-refractivity contribution in [1.29, 1.82) is 0 Å². The predicted molar refractivity (Wildman–Crippen MR) is 81.5 cm³/mol. The maximum atomic E-state index is 12.4. The molecule has 1 heterocycles. The zero-order valence-electron chi connectivity index (χ0n) is 11.6. The molecule has 5 nitrogen and oxygen atoms in total. The van der Waals surface area contributed by atoms with Gasteiger partial charge >= 0.3 is 0 Å². The molecule has 1 aromatic heterocycles. The molecule has 1 aromatic carbocycles. The Balaban J connectivity index is 2.43. The lowest BCUT2D eigenvalue weighted by atomic mass is 10.1. The lowest BCUT2D eigenvalue weighted by molar-refractivity contribution is 0.600. The standard InChI is InChI=1S/C13H17N3O2S2/c1-8-4-9(2)12(5-11(8)6-14)20(17,18)16-13-15-7-10(3)19-13/h4-5,7H,6,14H2,1-3H3,(H,15,16). The van der Waals surface area contributed by atoms with Gasteiger partial charge < -0.3 is 5.73 Å². The van der Waals surface area contributed by atoms with Gasteiger partial charge in [-0.2, -0.15) is 0 Å². The molecule has 0 aliphatic rings. The number of aryl methyl sites for hydroxylation is 3. The third-order valence-electron chi connectivity index (χ3n) is 2.99. The van der Waals surface area contributed by atoms with Crippen molar-refractivity contribution in [3.05, 3.63) is 39.9 Å². The molecule has 0 unspecified atom stereocenters. The fraction of sp³-hybridized carbons (Fsp3) is 0.308. The van der Waals surface area contributed by atoms with Gasteiger partial charge in [0.1, 0.15) is 0 Å². The first-order valence-electron chi connectivity index (χ1n) is 6.09. The van der Waals surface area contributed by atoms with E-state index in [1.54, 1.807) is 19.2 Å². The highest BCUT2D eigenvalue weighted by molar-refractivity contribution is 7.93. The number of sulfonamides is 1. The first kappa shape index (κ1) is 15.0. The van der Waals surface area contributed by atoms with Crippen LogP contribution in [0.5, 0.6) is 0 Å². The van der Waals surface area contributed by atoms with Crippen LogP contribution in [0.1, 0.15) is 21.6 Å². The zero-order valence-corrected chi connectivity index (χ0v) is 13.2. The van der Waals surface area contributed by atoms with Crippen LogP contribution in [0.25, 0.3) is 0 Å². The van der Waals surface area contributed by atoms with Gasteiger partial charge in [-0.05, 0) is 43.5 Å². The Morgan fingerprint density at radius 3 is 2.50 bits per heavy atom. The van der Waals surface area contributed by atoms with Crippen LogP contribution >= 0.6 is 11.3 Å². The topological polar surface area (TPSA) is 85.1 Å². The van der Waals surface area contributed by atoms with E-state index in [2.05, 4.69) is 9.71 Å². The molecule has 0 aliphatic carbocycles. The van der Waals surface area contributed by atoms with E-state index < -0.39 is 10.0 Å². The summed E-state index contributed by atoms with van der Waals surface area (Å²) < 4.78 is 27.4. The van der Waals surface area contributed by atoms with Crippen molar-refractivity contribution < 1.29 is 8.42 Å². The maximum Gasteiger partial charge on any atom is 0.263 e. The number of benzene rings is 1. The lowest BCUT2D eigenvalue weighted by Gasteiger charge is -2.12. The summed E-state index contributed by atoms with van der Waals surface area (Å²) in [7, 11) is -3.64. The van der Waals surface area contributed by atoms with Crippen LogP contribution in [0.4, 0.5) is 5.13 Å². The number of nitrogens with zero attached hydrogens (tertiary/aromatic N) is 1. The minimum atomic E-state index is -3.64. The summed E-state index contributed by atoms with van der Waals surface area (Å²) in [5.74, 6) is 0. The average Bonchev–Trinajstić information content (AvgIpc) is 2.73. The molecule has 108 valence electrons. The highest BCUT2D eigenvalue weighted by atomic mass is 32.2. The van der Waals surface area contributed by atoms with Gasteiger partial charge in [0, 0.05) is 17.6 Å². The second-order valence-corrected chi connectivity index (χ2v) is 7.52. The van der Waals surface area contributed by atoms with E-state index in [0.717, 1.165) is 16.0 Å². The summed E-state index contributed by atoms with van der Waals surface area (Å²) in [5, 5.41) is 0.372. The maximum absolute atomic E-state index is 12.4. The third-order valence-corrected chi connectivity index (χ3v) is 5.42. The summed E-state index contributed by atoms with van der Waals surface area (Å²) in [6.07, 6.45) is 1.63. The summed E-state index contributed by atoms with van der Waals surface area (Å²) in [4.78, 5) is 5.22. The molecule has 7 heteroatoms. The predicted octanol–water partition coefficient (Wildman–Crippen LogP) is 2.33. The molecule has 2 rings (SSSR count). The Morgan fingerprint density at radius 1 is 1.25 bits per heavy atom. The Hall–Kier alpha value is -1.44. The SMILES string of the molecule is Cc1cnc(NS(=O)(=O)c2cc(CN)c(C)cc2C)s1. The van der Waals surface area contributed by atoms with Gasteiger partial charge in [-0.1, -0.05) is 6.07 Å². The van der Waals surface area contributed by atoms with E-state index in [-0.39, 0.29) is 4.90 Å². The van der Waals surface area contributed by atoms with E-state index in [0.29, 0.717) is 17.2 Å². The Labute approximate surface area is 122 Å². The number of thiazole rings is 1. The average molecular weight is 311 g/mol. The Morgan fingerprint density at radius 2 is 1.95 bits per heavy atom. The molecule has 0 spiro atoms. The quantitative estimate of drug-likeness (QED) is 0.907. The molecular weight excluding hydrogens is 294 g/mol. The molecule has 0 fully saturated rings. The molecule has 0 aliphatic heterocycles. The molecule has 20 heavy (non-hydrogen) atoms. The molecule has 0 saturated carbocycles. The number of anilines is 1. The largest absolute Gasteiger partial charge is 0.326 e. The number of hydrogen-bond acceptors (Lipinski definition) is 5. The van der Waals surface area contributed by atoms with Crippen LogP contribution in [0, 0.1) is 20.8 Å². The zero-order chi connectivity index (χ0) is 14.9. The van der Waals surface area contributed by atoms with Crippen LogP contribution in [0.2, 0.25) is 0 Å². The fourth-order valence-electron chi connectivity index (χ4n) is 1.96. The number of hydrogen-bond donors (Lipinski definition) is 2.